The van der Waals surface area contributed by atoms with Gasteiger partial charge in [-0.25, -0.2) is 4.98 Å². The maximum absolute atomic E-state index is 5.22. The van der Waals surface area contributed by atoms with Crippen molar-refractivity contribution in [2.24, 2.45) is 0 Å². The Morgan fingerprint density at radius 3 is 3.09 bits per heavy atom. The molecule has 62 valence electrons. The van der Waals surface area contributed by atoms with Gasteiger partial charge in [-0.2, -0.15) is 0 Å². The van der Waals surface area contributed by atoms with Crippen LogP contribution in [0.4, 0.5) is 0 Å². The summed E-state index contributed by atoms with van der Waals surface area (Å²) in [7, 11) is 0. The normalized spacial score (nSPS) is 9.91. The standard InChI is InChI=1S/C8H13NO2/c1-2-3-4-5-10-8-6-9-7-11-8/h6-7H,2-5H2,1H3. The predicted molar refractivity (Wildman–Crippen MR) is 41.5 cm³/mol. The van der Waals surface area contributed by atoms with Crippen molar-refractivity contribution in [3.05, 3.63) is 12.6 Å². The van der Waals surface area contributed by atoms with Gasteiger partial charge in [0.15, 0.2) is 6.39 Å². The number of hydrogen-bond acceptors (Lipinski definition) is 3. The van der Waals surface area contributed by atoms with E-state index in [1.165, 1.54) is 19.2 Å². The molecule has 11 heavy (non-hydrogen) atoms. The first-order chi connectivity index (χ1) is 5.43. The summed E-state index contributed by atoms with van der Waals surface area (Å²) in [6, 6.07) is 0. The van der Waals surface area contributed by atoms with Gasteiger partial charge in [0.2, 0.25) is 0 Å². The molecule has 1 aromatic heterocycles. The van der Waals surface area contributed by atoms with Gasteiger partial charge < -0.3 is 9.15 Å². The molecule has 1 rings (SSSR count). The molecular weight excluding hydrogens is 142 g/mol. The van der Waals surface area contributed by atoms with Crippen LogP contribution in [0.2, 0.25) is 0 Å². The summed E-state index contributed by atoms with van der Waals surface area (Å²) in [4.78, 5) is 3.73. The molecule has 3 nitrogen and oxygen atoms in total. The molecular formula is C8H13NO2. The average Bonchev–Trinajstić information content (AvgIpc) is 2.50. The van der Waals surface area contributed by atoms with E-state index in [0.29, 0.717) is 5.95 Å². The van der Waals surface area contributed by atoms with Gasteiger partial charge in [-0.3, -0.25) is 0 Å². The predicted octanol–water partition coefficient (Wildman–Crippen LogP) is 2.24. The molecule has 0 N–H and O–H groups in total. The molecule has 0 aliphatic rings. The Kier molecular flexibility index (Phi) is 3.52. The Morgan fingerprint density at radius 1 is 1.55 bits per heavy atom. The Labute approximate surface area is 66.4 Å². The van der Waals surface area contributed by atoms with Gasteiger partial charge >= 0.3 is 5.95 Å². The fourth-order valence-corrected chi connectivity index (χ4v) is 0.800. The molecule has 3 heteroatoms. The van der Waals surface area contributed by atoms with Crippen molar-refractivity contribution in [1.82, 2.24) is 4.98 Å². The minimum absolute atomic E-state index is 0.515. The zero-order chi connectivity index (χ0) is 7.94. The van der Waals surface area contributed by atoms with Gasteiger partial charge in [0.05, 0.1) is 6.61 Å². The lowest BCUT2D eigenvalue weighted by molar-refractivity contribution is 0.236. The van der Waals surface area contributed by atoms with Crippen molar-refractivity contribution in [2.75, 3.05) is 6.61 Å². The molecule has 0 spiro atoms. The molecule has 1 heterocycles. The van der Waals surface area contributed by atoms with E-state index in [1.807, 2.05) is 0 Å². The highest BCUT2D eigenvalue weighted by atomic mass is 16.6. The van der Waals surface area contributed by atoms with Gasteiger partial charge in [-0.05, 0) is 6.42 Å². The van der Waals surface area contributed by atoms with Crippen LogP contribution in [0.1, 0.15) is 26.2 Å². The number of aromatic nitrogens is 1. The first kappa shape index (κ1) is 8.11. The first-order valence-electron chi connectivity index (χ1n) is 3.94. The Morgan fingerprint density at radius 2 is 2.45 bits per heavy atom. The fraction of sp³-hybridized carbons (Fsp3) is 0.625. The van der Waals surface area contributed by atoms with E-state index in [0.717, 1.165) is 13.0 Å². The average molecular weight is 155 g/mol. The monoisotopic (exact) mass is 155 g/mol. The highest BCUT2D eigenvalue weighted by molar-refractivity contribution is 4.94. The van der Waals surface area contributed by atoms with E-state index < -0.39 is 0 Å². The van der Waals surface area contributed by atoms with Gasteiger partial charge in [-0.15, -0.1) is 0 Å². The Hall–Kier alpha value is -0.990. The Balaban J connectivity index is 2.04. The van der Waals surface area contributed by atoms with Gasteiger partial charge in [0.25, 0.3) is 0 Å². The van der Waals surface area contributed by atoms with Crippen LogP contribution in [0, 0.1) is 0 Å². The van der Waals surface area contributed by atoms with E-state index in [-0.39, 0.29) is 0 Å². The number of oxazole rings is 1. The van der Waals surface area contributed by atoms with Crippen LogP contribution in [0.5, 0.6) is 5.95 Å². The largest absolute Gasteiger partial charge is 0.464 e. The number of nitrogens with zero attached hydrogens (tertiary/aromatic N) is 1. The van der Waals surface area contributed by atoms with Crippen LogP contribution in [0.15, 0.2) is 17.0 Å². The second-order valence-corrected chi connectivity index (χ2v) is 2.38. The number of unbranched alkanes of at least 4 members (excludes halogenated alkanes) is 2. The molecule has 0 fully saturated rings. The van der Waals surface area contributed by atoms with Crippen LogP contribution in [-0.4, -0.2) is 11.6 Å². The number of ether oxygens (including phenoxy) is 1. The summed E-state index contributed by atoms with van der Waals surface area (Å²) >= 11 is 0. The molecule has 0 atom stereocenters. The van der Waals surface area contributed by atoms with E-state index >= 15 is 0 Å². The van der Waals surface area contributed by atoms with E-state index in [4.69, 9.17) is 9.15 Å². The molecule has 1 aromatic rings. The molecule has 0 aliphatic heterocycles. The maximum atomic E-state index is 5.22. The summed E-state index contributed by atoms with van der Waals surface area (Å²) in [5.74, 6) is 0.515. The number of hydrogen-bond donors (Lipinski definition) is 0. The summed E-state index contributed by atoms with van der Waals surface area (Å²) in [5, 5.41) is 0. The second kappa shape index (κ2) is 4.77. The number of rotatable bonds is 5. The van der Waals surface area contributed by atoms with Crippen molar-refractivity contribution >= 4 is 0 Å². The third-order valence-corrected chi connectivity index (χ3v) is 1.40. The smallest absolute Gasteiger partial charge is 0.304 e. The van der Waals surface area contributed by atoms with Gasteiger partial charge in [0, 0.05) is 0 Å². The highest BCUT2D eigenvalue weighted by Gasteiger charge is 1.94. The third-order valence-electron chi connectivity index (χ3n) is 1.40. The van der Waals surface area contributed by atoms with Crippen LogP contribution in [-0.2, 0) is 0 Å². The first-order valence-corrected chi connectivity index (χ1v) is 3.94. The van der Waals surface area contributed by atoms with E-state index in [2.05, 4.69) is 11.9 Å². The molecule has 0 aromatic carbocycles. The van der Waals surface area contributed by atoms with Gasteiger partial charge in [0.1, 0.15) is 6.20 Å². The lowest BCUT2D eigenvalue weighted by Gasteiger charge is -1.99. The van der Waals surface area contributed by atoms with Crippen molar-refractivity contribution in [3.8, 4) is 5.95 Å². The quantitative estimate of drug-likeness (QED) is 0.612. The summed E-state index contributed by atoms with van der Waals surface area (Å²) in [6.07, 6.45) is 6.44. The van der Waals surface area contributed by atoms with Crippen LogP contribution in [0.3, 0.4) is 0 Å². The zero-order valence-electron chi connectivity index (χ0n) is 6.75. The second-order valence-electron chi connectivity index (χ2n) is 2.38. The fourth-order valence-electron chi connectivity index (χ4n) is 0.800. The molecule has 0 saturated heterocycles. The van der Waals surface area contributed by atoms with Gasteiger partial charge in [-0.1, -0.05) is 19.8 Å². The molecule has 0 amide bonds. The third kappa shape index (κ3) is 3.07. The maximum Gasteiger partial charge on any atom is 0.304 e. The van der Waals surface area contributed by atoms with E-state index in [1.54, 1.807) is 6.20 Å². The summed E-state index contributed by atoms with van der Waals surface area (Å²) < 4.78 is 10.1. The molecule has 0 bridgehead atoms. The highest BCUT2D eigenvalue weighted by Crippen LogP contribution is 2.07. The van der Waals surface area contributed by atoms with Crippen LogP contribution < -0.4 is 4.74 Å². The minimum Gasteiger partial charge on any atom is -0.464 e. The lowest BCUT2D eigenvalue weighted by Crippen LogP contribution is -1.95. The summed E-state index contributed by atoms with van der Waals surface area (Å²) in [5.41, 5.74) is 0. The molecule has 0 unspecified atom stereocenters. The molecule has 0 aliphatic carbocycles. The van der Waals surface area contributed by atoms with Crippen molar-refractivity contribution < 1.29 is 9.15 Å². The van der Waals surface area contributed by atoms with Crippen molar-refractivity contribution in [2.45, 2.75) is 26.2 Å². The summed E-state index contributed by atoms with van der Waals surface area (Å²) in [6.45, 7) is 2.89. The van der Waals surface area contributed by atoms with Crippen molar-refractivity contribution in [3.63, 3.8) is 0 Å². The van der Waals surface area contributed by atoms with Crippen LogP contribution >= 0.6 is 0 Å². The zero-order valence-corrected chi connectivity index (χ0v) is 6.75. The lowest BCUT2D eigenvalue weighted by atomic mass is 10.3. The topological polar surface area (TPSA) is 35.3 Å². The molecule has 0 radical (unpaired) electrons. The van der Waals surface area contributed by atoms with Crippen LogP contribution in [0.25, 0.3) is 0 Å². The van der Waals surface area contributed by atoms with Crippen molar-refractivity contribution in [1.29, 1.82) is 0 Å². The SMILES string of the molecule is CCCCCOc1cnco1. The minimum atomic E-state index is 0.515. The molecule has 0 saturated carbocycles. The van der Waals surface area contributed by atoms with E-state index in [9.17, 15) is 0 Å². The Bertz CT molecular complexity index is 172.